The number of H-pyrrole nitrogens is 1. The number of rotatable bonds is 6. The van der Waals surface area contributed by atoms with Gasteiger partial charge in [0.1, 0.15) is 11.6 Å². The molecule has 0 aliphatic rings. The van der Waals surface area contributed by atoms with Gasteiger partial charge in [-0.1, -0.05) is 13.3 Å². The lowest BCUT2D eigenvalue weighted by atomic mass is 10.2. The molecule has 7 nitrogen and oxygen atoms in total. The second kappa shape index (κ2) is 6.60. The lowest BCUT2D eigenvalue weighted by Crippen LogP contribution is -2.15. The number of nitrogens with one attached hydrogen (secondary N) is 2. The van der Waals surface area contributed by atoms with E-state index in [2.05, 4.69) is 32.3 Å². The Kier molecular flexibility index (Phi) is 4.36. The topological polar surface area (TPSA) is 88.0 Å². The molecule has 7 heteroatoms. The van der Waals surface area contributed by atoms with Crippen molar-refractivity contribution in [3.05, 3.63) is 52.0 Å². The fourth-order valence-electron chi connectivity index (χ4n) is 2.56. The highest BCUT2D eigenvalue weighted by Crippen LogP contribution is 2.13. The monoisotopic (exact) mass is 312 g/mol. The summed E-state index contributed by atoms with van der Waals surface area (Å²) in [6.07, 6.45) is 4.39. The number of aryl methyl sites for hydroxylation is 2. The molecule has 0 bridgehead atoms. The Balaban J connectivity index is 1.75. The van der Waals surface area contributed by atoms with Gasteiger partial charge in [0.05, 0.1) is 6.20 Å². The fraction of sp³-hybridized carbons (Fsp3) is 0.375. The number of hydrogen-bond acceptors (Lipinski definition) is 5. The SMILES string of the molecule is CCCc1cc(NCCc2cc(=O)[nH]c(C)n2)n2nccc2n1. The smallest absolute Gasteiger partial charge is 0.251 e. The van der Waals surface area contributed by atoms with Crippen molar-refractivity contribution in [2.75, 3.05) is 11.9 Å². The Morgan fingerprint density at radius 2 is 2.04 bits per heavy atom. The molecule has 0 aliphatic heterocycles. The first kappa shape index (κ1) is 15.2. The standard InChI is InChI=1S/C16H20N6O/c1-3-4-12-9-15(22-14(21-12)6-8-18-22)17-7-5-13-10-16(23)20-11(2)19-13/h6,8-10,17H,3-5,7H2,1-2H3,(H,19,20,23). The van der Waals surface area contributed by atoms with Crippen molar-refractivity contribution in [3.8, 4) is 0 Å². The number of aromatic amines is 1. The van der Waals surface area contributed by atoms with Gasteiger partial charge in [0.2, 0.25) is 0 Å². The number of fused-ring (bicyclic) bond motifs is 1. The van der Waals surface area contributed by atoms with E-state index >= 15 is 0 Å². The second-order valence-electron chi connectivity index (χ2n) is 5.48. The van der Waals surface area contributed by atoms with E-state index in [1.807, 2.05) is 12.1 Å². The largest absolute Gasteiger partial charge is 0.370 e. The van der Waals surface area contributed by atoms with Crippen molar-refractivity contribution >= 4 is 11.5 Å². The third-order valence-corrected chi connectivity index (χ3v) is 3.52. The van der Waals surface area contributed by atoms with E-state index in [4.69, 9.17) is 0 Å². The summed E-state index contributed by atoms with van der Waals surface area (Å²) < 4.78 is 1.79. The molecule has 3 rings (SSSR count). The summed E-state index contributed by atoms with van der Waals surface area (Å²) in [6.45, 7) is 4.59. The molecule has 0 atom stereocenters. The van der Waals surface area contributed by atoms with Crippen LogP contribution in [0.25, 0.3) is 5.65 Å². The molecule has 0 saturated carbocycles. The summed E-state index contributed by atoms with van der Waals surface area (Å²) in [5.74, 6) is 1.54. The molecule has 0 fully saturated rings. The summed E-state index contributed by atoms with van der Waals surface area (Å²) in [5.41, 5.74) is 2.55. The number of hydrogen-bond donors (Lipinski definition) is 2. The third-order valence-electron chi connectivity index (χ3n) is 3.52. The van der Waals surface area contributed by atoms with Gasteiger partial charge in [0.15, 0.2) is 5.65 Å². The minimum atomic E-state index is -0.115. The molecule has 23 heavy (non-hydrogen) atoms. The molecule has 0 spiro atoms. The minimum absolute atomic E-state index is 0.115. The lowest BCUT2D eigenvalue weighted by Gasteiger charge is -2.10. The van der Waals surface area contributed by atoms with E-state index in [1.165, 1.54) is 6.07 Å². The molecule has 3 aromatic rings. The van der Waals surface area contributed by atoms with Crippen molar-refractivity contribution in [2.24, 2.45) is 0 Å². The quantitative estimate of drug-likeness (QED) is 0.723. The molecule has 2 N–H and O–H groups in total. The summed E-state index contributed by atoms with van der Waals surface area (Å²) in [5, 5.41) is 7.66. The minimum Gasteiger partial charge on any atom is -0.370 e. The first-order valence-corrected chi connectivity index (χ1v) is 7.80. The van der Waals surface area contributed by atoms with Crippen molar-refractivity contribution < 1.29 is 0 Å². The van der Waals surface area contributed by atoms with Crippen molar-refractivity contribution in [1.82, 2.24) is 24.6 Å². The molecule has 0 aliphatic carbocycles. The van der Waals surface area contributed by atoms with Gasteiger partial charge in [-0.25, -0.2) is 9.97 Å². The van der Waals surface area contributed by atoms with Crippen molar-refractivity contribution in [3.63, 3.8) is 0 Å². The lowest BCUT2D eigenvalue weighted by molar-refractivity contribution is 0.847. The van der Waals surface area contributed by atoms with E-state index in [1.54, 1.807) is 17.6 Å². The summed E-state index contributed by atoms with van der Waals surface area (Å²) >= 11 is 0. The highest BCUT2D eigenvalue weighted by atomic mass is 16.1. The Bertz CT molecular complexity index is 866. The van der Waals surface area contributed by atoms with Crippen LogP contribution in [-0.2, 0) is 12.8 Å². The first-order chi connectivity index (χ1) is 11.2. The maximum absolute atomic E-state index is 11.5. The average Bonchev–Trinajstić information content (AvgIpc) is 2.95. The maximum atomic E-state index is 11.5. The zero-order valence-electron chi connectivity index (χ0n) is 13.3. The van der Waals surface area contributed by atoms with Crippen LogP contribution in [0.15, 0.2) is 29.2 Å². The first-order valence-electron chi connectivity index (χ1n) is 7.80. The van der Waals surface area contributed by atoms with Gasteiger partial charge in [0.25, 0.3) is 5.56 Å². The van der Waals surface area contributed by atoms with E-state index in [0.717, 1.165) is 35.7 Å². The Hall–Kier alpha value is -2.70. The zero-order valence-corrected chi connectivity index (χ0v) is 13.3. The maximum Gasteiger partial charge on any atom is 0.251 e. The van der Waals surface area contributed by atoms with Gasteiger partial charge in [-0.15, -0.1) is 0 Å². The summed E-state index contributed by atoms with van der Waals surface area (Å²) in [6, 6.07) is 5.46. The number of nitrogens with zero attached hydrogens (tertiary/aromatic N) is 4. The Morgan fingerprint density at radius 1 is 1.22 bits per heavy atom. The fourth-order valence-corrected chi connectivity index (χ4v) is 2.56. The van der Waals surface area contributed by atoms with Gasteiger partial charge in [-0.2, -0.15) is 9.61 Å². The average molecular weight is 312 g/mol. The van der Waals surface area contributed by atoms with Gasteiger partial charge in [-0.05, 0) is 13.3 Å². The van der Waals surface area contributed by atoms with Crippen LogP contribution in [0.4, 0.5) is 5.82 Å². The second-order valence-corrected chi connectivity index (χ2v) is 5.48. The van der Waals surface area contributed by atoms with Gasteiger partial charge in [-0.3, -0.25) is 4.79 Å². The molecular formula is C16H20N6O. The normalized spacial score (nSPS) is 11.0. The van der Waals surface area contributed by atoms with Gasteiger partial charge >= 0.3 is 0 Å². The van der Waals surface area contributed by atoms with Crippen LogP contribution < -0.4 is 10.9 Å². The highest BCUT2D eigenvalue weighted by molar-refractivity contribution is 5.49. The summed E-state index contributed by atoms with van der Waals surface area (Å²) in [7, 11) is 0. The molecule has 0 radical (unpaired) electrons. The molecule has 0 unspecified atom stereocenters. The predicted octanol–water partition coefficient (Wildman–Crippen LogP) is 1.73. The van der Waals surface area contributed by atoms with Crippen molar-refractivity contribution in [2.45, 2.75) is 33.1 Å². The molecule has 3 heterocycles. The number of aromatic nitrogens is 5. The molecular weight excluding hydrogens is 292 g/mol. The van der Waals surface area contributed by atoms with Gasteiger partial charge < -0.3 is 10.3 Å². The zero-order chi connectivity index (χ0) is 16.2. The van der Waals surface area contributed by atoms with E-state index in [0.29, 0.717) is 18.8 Å². The predicted molar refractivity (Wildman–Crippen MR) is 88.8 cm³/mol. The van der Waals surface area contributed by atoms with E-state index in [9.17, 15) is 4.79 Å². The van der Waals surface area contributed by atoms with E-state index in [-0.39, 0.29) is 5.56 Å². The Morgan fingerprint density at radius 3 is 2.83 bits per heavy atom. The Labute approximate surface area is 133 Å². The van der Waals surface area contributed by atoms with Crippen molar-refractivity contribution in [1.29, 1.82) is 0 Å². The van der Waals surface area contributed by atoms with Crippen LogP contribution in [0.2, 0.25) is 0 Å². The third kappa shape index (κ3) is 3.56. The molecule has 0 amide bonds. The van der Waals surface area contributed by atoms with Crippen LogP contribution in [0, 0.1) is 6.92 Å². The summed E-state index contributed by atoms with van der Waals surface area (Å²) in [4.78, 5) is 23.0. The molecule has 3 aromatic heterocycles. The highest BCUT2D eigenvalue weighted by Gasteiger charge is 2.06. The number of anilines is 1. The van der Waals surface area contributed by atoms with Crippen LogP contribution in [0.1, 0.15) is 30.6 Å². The van der Waals surface area contributed by atoms with Crippen LogP contribution in [0.3, 0.4) is 0 Å². The van der Waals surface area contributed by atoms with Crippen LogP contribution in [0.5, 0.6) is 0 Å². The van der Waals surface area contributed by atoms with Crippen LogP contribution >= 0.6 is 0 Å². The van der Waals surface area contributed by atoms with Gasteiger partial charge in [0, 0.05) is 42.6 Å². The molecule has 0 aromatic carbocycles. The molecule has 0 saturated heterocycles. The van der Waals surface area contributed by atoms with Crippen LogP contribution in [-0.4, -0.2) is 31.1 Å². The van der Waals surface area contributed by atoms with E-state index < -0.39 is 0 Å². The molecule has 120 valence electrons.